The molecule has 0 spiro atoms. The van der Waals surface area contributed by atoms with Crippen molar-refractivity contribution in [3.05, 3.63) is 35.9 Å². The van der Waals surface area contributed by atoms with E-state index in [9.17, 15) is 9.59 Å². The fourth-order valence-corrected chi connectivity index (χ4v) is 4.11. The number of nitrogens with zero attached hydrogens (tertiary/aromatic N) is 1. The van der Waals surface area contributed by atoms with Crippen LogP contribution in [0.4, 0.5) is 0 Å². The molecule has 2 amide bonds. The molecule has 1 aliphatic carbocycles. The summed E-state index contributed by atoms with van der Waals surface area (Å²) in [5.41, 5.74) is 0.665. The van der Waals surface area contributed by atoms with Crippen LogP contribution in [0.15, 0.2) is 30.3 Å². The predicted octanol–water partition coefficient (Wildman–Crippen LogP) is 2.22. The Kier molecular flexibility index (Phi) is 5.51. The number of likely N-dealkylation sites (tertiary alicyclic amines) is 1. The molecule has 2 aliphatic rings. The Balaban J connectivity index is 1.80. The van der Waals surface area contributed by atoms with Crippen LogP contribution in [-0.4, -0.2) is 49.1 Å². The summed E-state index contributed by atoms with van der Waals surface area (Å²) in [6.45, 7) is 0.965. The number of benzene rings is 1. The fourth-order valence-electron chi connectivity index (χ4n) is 4.11. The number of hydrogen-bond donors (Lipinski definition) is 1. The van der Waals surface area contributed by atoms with Gasteiger partial charge in [-0.25, -0.2) is 0 Å². The van der Waals surface area contributed by atoms with Gasteiger partial charge in [0.2, 0.25) is 5.91 Å². The molecule has 1 saturated heterocycles. The van der Waals surface area contributed by atoms with Gasteiger partial charge in [-0.15, -0.1) is 0 Å². The molecule has 2 fully saturated rings. The van der Waals surface area contributed by atoms with E-state index in [4.69, 9.17) is 4.74 Å². The number of carbonyl (C=O) groups is 2. The summed E-state index contributed by atoms with van der Waals surface area (Å²) >= 11 is 0. The van der Waals surface area contributed by atoms with Gasteiger partial charge in [0.15, 0.2) is 0 Å². The first-order chi connectivity index (χ1) is 11.7. The maximum absolute atomic E-state index is 13.1. The highest BCUT2D eigenvalue weighted by Crippen LogP contribution is 2.40. The maximum Gasteiger partial charge on any atom is 0.254 e. The number of methoxy groups -OCH3 is 1. The molecule has 24 heavy (non-hydrogen) atoms. The summed E-state index contributed by atoms with van der Waals surface area (Å²) in [5.74, 6) is 0.382. The Morgan fingerprint density at radius 2 is 1.96 bits per heavy atom. The Bertz CT molecular complexity index is 575. The second-order valence-electron chi connectivity index (χ2n) is 6.73. The zero-order chi connectivity index (χ0) is 16.9. The van der Waals surface area contributed by atoms with E-state index in [2.05, 4.69) is 5.32 Å². The summed E-state index contributed by atoms with van der Waals surface area (Å²) in [7, 11) is 1.61. The molecule has 3 atom stereocenters. The standard InChI is InChI=1S/C19H26N2O3/c1-24-12-11-20-18(22)17-13-15-9-5-6-10-16(15)21(17)19(23)14-7-3-2-4-8-14/h2-4,7-8,15-17H,5-6,9-13H2,1H3,(H,20,22)/t15-,16-,17-/m0/s1. The molecule has 1 N–H and O–H groups in total. The van der Waals surface area contributed by atoms with E-state index in [1.54, 1.807) is 7.11 Å². The average Bonchev–Trinajstić information content (AvgIpc) is 3.01. The number of rotatable bonds is 5. The van der Waals surface area contributed by atoms with Gasteiger partial charge in [-0.3, -0.25) is 9.59 Å². The number of ether oxygens (including phenoxy) is 1. The number of hydrogen-bond acceptors (Lipinski definition) is 3. The molecular weight excluding hydrogens is 304 g/mol. The highest BCUT2D eigenvalue weighted by molar-refractivity contribution is 5.98. The molecule has 1 heterocycles. The third-order valence-corrected chi connectivity index (χ3v) is 5.25. The predicted molar refractivity (Wildman–Crippen MR) is 91.6 cm³/mol. The second-order valence-corrected chi connectivity index (χ2v) is 6.73. The molecule has 5 heteroatoms. The third-order valence-electron chi connectivity index (χ3n) is 5.25. The van der Waals surface area contributed by atoms with Crippen molar-refractivity contribution in [2.45, 2.75) is 44.2 Å². The lowest BCUT2D eigenvalue weighted by molar-refractivity contribution is -0.125. The average molecular weight is 330 g/mol. The van der Waals surface area contributed by atoms with Crippen molar-refractivity contribution in [1.29, 1.82) is 0 Å². The van der Waals surface area contributed by atoms with Gasteiger partial charge in [0, 0.05) is 25.3 Å². The van der Waals surface area contributed by atoms with E-state index in [1.807, 2.05) is 35.2 Å². The molecule has 1 aromatic carbocycles. The van der Waals surface area contributed by atoms with Crippen LogP contribution in [0.3, 0.4) is 0 Å². The highest BCUT2D eigenvalue weighted by atomic mass is 16.5. The van der Waals surface area contributed by atoms with Gasteiger partial charge in [0.1, 0.15) is 6.04 Å². The van der Waals surface area contributed by atoms with Gasteiger partial charge in [-0.1, -0.05) is 31.0 Å². The summed E-state index contributed by atoms with van der Waals surface area (Å²) in [6.07, 6.45) is 5.24. The molecule has 3 rings (SSSR count). The van der Waals surface area contributed by atoms with Crippen molar-refractivity contribution >= 4 is 11.8 Å². The van der Waals surface area contributed by atoms with Gasteiger partial charge < -0.3 is 15.0 Å². The van der Waals surface area contributed by atoms with Crippen LogP contribution in [-0.2, 0) is 9.53 Å². The zero-order valence-corrected chi connectivity index (χ0v) is 14.2. The quantitative estimate of drug-likeness (QED) is 0.842. The molecule has 0 unspecified atom stereocenters. The topological polar surface area (TPSA) is 58.6 Å². The first-order valence-electron chi connectivity index (χ1n) is 8.86. The highest BCUT2D eigenvalue weighted by Gasteiger charge is 2.47. The van der Waals surface area contributed by atoms with Crippen molar-refractivity contribution in [3.8, 4) is 0 Å². The first kappa shape index (κ1) is 17.0. The Morgan fingerprint density at radius 1 is 1.21 bits per heavy atom. The van der Waals surface area contributed by atoms with Gasteiger partial charge in [0.05, 0.1) is 6.61 Å². The lowest BCUT2D eigenvalue weighted by Gasteiger charge is -2.33. The Labute approximate surface area is 143 Å². The van der Waals surface area contributed by atoms with Crippen molar-refractivity contribution in [3.63, 3.8) is 0 Å². The van der Waals surface area contributed by atoms with Crippen molar-refractivity contribution in [2.24, 2.45) is 5.92 Å². The van der Waals surface area contributed by atoms with Gasteiger partial charge >= 0.3 is 0 Å². The van der Waals surface area contributed by atoms with E-state index in [1.165, 1.54) is 6.42 Å². The lowest BCUT2D eigenvalue weighted by atomic mass is 9.84. The first-order valence-corrected chi connectivity index (χ1v) is 8.86. The molecule has 1 aliphatic heterocycles. The summed E-state index contributed by atoms with van der Waals surface area (Å²) in [5, 5.41) is 2.91. The molecule has 1 saturated carbocycles. The zero-order valence-electron chi connectivity index (χ0n) is 14.2. The molecule has 0 radical (unpaired) electrons. The SMILES string of the molecule is COCCNC(=O)[C@@H]1C[C@@H]2CCCC[C@@H]2N1C(=O)c1ccccc1. The van der Waals surface area contributed by atoms with E-state index in [0.717, 1.165) is 25.7 Å². The molecule has 130 valence electrons. The number of carbonyl (C=O) groups excluding carboxylic acids is 2. The molecule has 0 bridgehead atoms. The molecular formula is C19H26N2O3. The van der Waals surface area contributed by atoms with E-state index in [0.29, 0.717) is 24.6 Å². The van der Waals surface area contributed by atoms with E-state index in [-0.39, 0.29) is 23.9 Å². The largest absolute Gasteiger partial charge is 0.383 e. The van der Waals surface area contributed by atoms with Crippen LogP contribution in [0.5, 0.6) is 0 Å². The van der Waals surface area contributed by atoms with Gasteiger partial charge in [-0.2, -0.15) is 0 Å². The molecule has 5 nitrogen and oxygen atoms in total. The number of fused-ring (bicyclic) bond motifs is 1. The summed E-state index contributed by atoms with van der Waals surface area (Å²) in [6, 6.07) is 9.15. The van der Waals surface area contributed by atoms with E-state index >= 15 is 0 Å². The summed E-state index contributed by atoms with van der Waals surface area (Å²) in [4.78, 5) is 27.6. The fraction of sp³-hybridized carbons (Fsp3) is 0.579. The minimum Gasteiger partial charge on any atom is -0.383 e. The van der Waals surface area contributed by atoms with Crippen molar-refractivity contribution < 1.29 is 14.3 Å². The monoisotopic (exact) mass is 330 g/mol. The lowest BCUT2D eigenvalue weighted by Crippen LogP contribution is -2.50. The van der Waals surface area contributed by atoms with Crippen molar-refractivity contribution in [2.75, 3.05) is 20.3 Å². The van der Waals surface area contributed by atoms with E-state index < -0.39 is 0 Å². The maximum atomic E-state index is 13.1. The number of nitrogens with one attached hydrogen (secondary N) is 1. The second kappa shape index (κ2) is 7.79. The Hall–Kier alpha value is -1.88. The smallest absolute Gasteiger partial charge is 0.254 e. The van der Waals surface area contributed by atoms with Gasteiger partial charge in [0.25, 0.3) is 5.91 Å². The Morgan fingerprint density at radius 3 is 2.71 bits per heavy atom. The molecule has 1 aromatic rings. The van der Waals surface area contributed by atoms with Crippen LogP contribution < -0.4 is 5.32 Å². The van der Waals surface area contributed by atoms with Gasteiger partial charge in [-0.05, 0) is 37.3 Å². The third kappa shape index (κ3) is 3.46. The van der Waals surface area contributed by atoms with Crippen LogP contribution in [0, 0.1) is 5.92 Å². The minimum absolute atomic E-state index is 0.0168. The van der Waals surface area contributed by atoms with Crippen LogP contribution in [0.25, 0.3) is 0 Å². The normalized spacial score (nSPS) is 26.0. The minimum atomic E-state index is -0.359. The molecule has 0 aromatic heterocycles. The van der Waals surface area contributed by atoms with Crippen LogP contribution >= 0.6 is 0 Å². The van der Waals surface area contributed by atoms with Crippen molar-refractivity contribution in [1.82, 2.24) is 10.2 Å². The summed E-state index contributed by atoms with van der Waals surface area (Å²) < 4.78 is 5.00. The van der Waals surface area contributed by atoms with Crippen LogP contribution in [0.1, 0.15) is 42.5 Å². The van der Waals surface area contributed by atoms with Crippen LogP contribution in [0.2, 0.25) is 0 Å². The number of amides is 2.